The van der Waals surface area contributed by atoms with E-state index >= 15 is 0 Å². The van der Waals surface area contributed by atoms with E-state index < -0.39 is 0 Å². The first-order valence-electron chi connectivity index (χ1n) is 7.45. The minimum absolute atomic E-state index is 0.457. The standard InChI is InChI=1S/C20H19NO/c1-3-8-17(9-4-1)14-18-10-7-13-20(15-18)22-16-21-19-11-5-2-6-12-19/h1-13,15,21H,14,16H2. The molecule has 0 aliphatic carbocycles. The molecule has 110 valence electrons. The predicted molar refractivity (Wildman–Crippen MR) is 91.2 cm³/mol. The number of nitrogens with one attached hydrogen (secondary N) is 1. The summed E-state index contributed by atoms with van der Waals surface area (Å²) in [6.07, 6.45) is 0.921. The fourth-order valence-corrected chi connectivity index (χ4v) is 2.34. The van der Waals surface area contributed by atoms with Crippen LogP contribution in [0.2, 0.25) is 0 Å². The largest absolute Gasteiger partial charge is 0.473 e. The van der Waals surface area contributed by atoms with Gasteiger partial charge >= 0.3 is 0 Å². The molecule has 1 N–H and O–H groups in total. The SMILES string of the molecule is c1ccc(Cc2cccc(OCNc3ccccc3)c2)cc1. The van der Waals surface area contributed by atoms with Crippen LogP contribution < -0.4 is 10.1 Å². The van der Waals surface area contributed by atoms with E-state index in [0.29, 0.717) is 6.73 Å². The van der Waals surface area contributed by atoms with Crippen LogP contribution in [0.3, 0.4) is 0 Å². The molecule has 0 heterocycles. The second-order valence-corrected chi connectivity index (χ2v) is 5.14. The molecule has 22 heavy (non-hydrogen) atoms. The first kappa shape index (κ1) is 14.2. The van der Waals surface area contributed by atoms with Crippen LogP contribution in [0, 0.1) is 0 Å². The maximum Gasteiger partial charge on any atom is 0.159 e. The van der Waals surface area contributed by atoms with E-state index in [1.165, 1.54) is 11.1 Å². The van der Waals surface area contributed by atoms with Crippen molar-refractivity contribution in [3.8, 4) is 5.75 Å². The van der Waals surface area contributed by atoms with Gasteiger partial charge in [-0.1, -0.05) is 60.7 Å². The lowest BCUT2D eigenvalue weighted by Crippen LogP contribution is -2.08. The van der Waals surface area contributed by atoms with Gasteiger partial charge in [-0.3, -0.25) is 0 Å². The number of para-hydroxylation sites is 1. The summed E-state index contributed by atoms with van der Waals surface area (Å²) in [6.45, 7) is 0.457. The molecule has 0 aliphatic rings. The van der Waals surface area contributed by atoms with Gasteiger partial charge in [-0.2, -0.15) is 0 Å². The van der Waals surface area contributed by atoms with Gasteiger partial charge in [-0.15, -0.1) is 0 Å². The van der Waals surface area contributed by atoms with Crippen molar-refractivity contribution in [1.29, 1.82) is 0 Å². The fraction of sp³-hybridized carbons (Fsp3) is 0.100. The Labute approximate surface area is 131 Å². The van der Waals surface area contributed by atoms with Crippen molar-refractivity contribution >= 4 is 5.69 Å². The molecular weight excluding hydrogens is 270 g/mol. The molecule has 0 amide bonds. The van der Waals surface area contributed by atoms with E-state index in [0.717, 1.165) is 17.9 Å². The molecule has 2 nitrogen and oxygen atoms in total. The molecule has 3 aromatic carbocycles. The molecule has 3 rings (SSSR count). The number of rotatable bonds is 6. The molecular formula is C20H19NO. The molecule has 0 unspecified atom stereocenters. The first-order chi connectivity index (χ1) is 10.9. The Hall–Kier alpha value is -2.74. The average molecular weight is 289 g/mol. The zero-order valence-electron chi connectivity index (χ0n) is 12.4. The van der Waals surface area contributed by atoms with E-state index in [9.17, 15) is 0 Å². The third-order valence-electron chi connectivity index (χ3n) is 3.44. The molecule has 2 heteroatoms. The van der Waals surface area contributed by atoms with Crippen LogP contribution in [0.4, 0.5) is 5.69 Å². The molecule has 0 spiro atoms. The molecule has 0 saturated heterocycles. The summed E-state index contributed by atoms with van der Waals surface area (Å²) in [5.74, 6) is 0.886. The Balaban J connectivity index is 1.57. The van der Waals surface area contributed by atoms with Gasteiger partial charge in [0.25, 0.3) is 0 Å². The first-order valence-corrected chi connectivity index (χ1v) is 7.45. The Bertz CT molecular complexity index is 695. The Morgan fingerprint density at radius 3 is 2.14 bits per heavy atom. The highest BCUT2D eigenvalue weighted by molar-refractivity contribution is 5.42. The summed E-state index contributed by atoms with van der Waals surface area (Å²) in [7, 11) is 0. The third-order valence-corrected chi connectivity index (χ3v) is 3.44. The van der Waals surface area contributed by atoms with Crippen LogP contribution in [0.5, 0.6) is 5.75 Å². The van der Waals surface area contributed by atoms with Gasteiger partial charge < -0.3 is 10.1 Å². The van der Waals surface area contributed by atoms with Gasteiger partial charge in [0, 0.05) is 5.69 Å². The minimum Gasteiger partial charge on any atom is -0.473 e. The van der Waals surface area contributed by atoms with Gasteiger partial charge in [-0.05, 0) is 41.8 Å². The quantitative estimate of drug-likeness (QED) is 0.663. The number of anilines is 1. The van der Waals surface area contributed by atoms with Crippen LogP contribution in [-0.4, -0.2) is 6.73 Å². The third kappa shape index (κ3) is 4.13. The summed E-state index contributed by atoms with van der Waals surface area (Å²) in [6, 6.07) is 28.8. The van der Waals surface area contributed by atoms with E-state index in [-0.39, 0.29) is 0 Å². The van der Waals surface area contributed by atoms with Crippen molar-refractivity contribution in [2.24, 2.45) is 0 Å². The zero-order chi connectivity index (χ0) is 15.0. The second kappa shape index (κ2) is 7.32. The van der Waals surface area contributed by atoms with Crippen molar-refractivity contribution in [2.75, 3.05) is 12.0 Å². The fourth-order valence-electron chi connectivity index (χ4n) is 2.34. The molecule has 0 aromatic heterocycles. The average Bonchev–Trinajstić information content (AvgIpc) is 2.57. The maximum absolute atomic E-state index is 5.78. The number of hydrogen-bond acceptors (Lipinski definition) is 2. The zero-order valence-corrected chi connectivity index (χ0v) is 12.4. The number of benzene rings is 3. The van der Waals surface area contributed by atoms with E-state index in [1.54, 1.807) is 0 Å². The molecule has 0 aliphatic heterocycles. The monoisotopic (exact) mass is 289 g/mol. The predicted octanol–water partition coefficient (Wildman–Crippen LogP) is 4.73. The number of hydrogen-bond donors (Lipinski definition) is 1. The van der Waals surface area contributed by atoms with Gasteiger partial charge in [-0.25, -0.2) is 0 Å². The Kier molecular flexibility index (Phi) is 4.73. The van der Waals surface area contributed by atoms with Crippen molar-refractivity contribution in [2.45, 2.75) is 6.42 Å². The van der Waals surface area contributed by atoms with Crippen LogP contribution in [0.25, 0.3) is 0 Å². The summed E-state index contributed by atoms with van der Waals surface area (Å²) in [5, 5.41) is 3.24. The van der Waals surface area contributed by atoms with Crippen LogP contribution in [-0.2, 0) is 6.42 Å². The summed E-state index contributed by atoms with van der Waals surface area (Å²) in [4.78, 5) is 0. The van der Waals surface area contributed by atoms with Crippen LogP contribution >= 0.6 is 0 Å². The molecule has 0 radical (unpaired) electrons. The van der Waals surface area contributed by atoms with Gasteiger partial charge in [0.1, 0.15) is 5.75 Å². The summed E-state index contributed by atoms with van der Waals surface area (Å²) < 4.78 is 5.78. The lowest BCUT2D eigenvalue weighted by molar-refractivity contribution is 0.346. The van der Waals surface area contributed by atoms with Gasteiger partial charge in [0.05, 0.1) is 0 Å². The van der Waals surface area contributed by atoms with Crippen LogP contribution in [0.15, 0.2) is 84.9 Å². The van der Waals surface area contributed by atoms with Crippen molar-refractivity contribution in [3.05, 3.63) is 96.1 Å². The molecule has 0 atom stereocenters. The Morgan fingerprint density at radius 1 is 0.682 bits per heavy atom. The maximum atomic E-state index is 5.78. The second-order valence-electron chi connectivity index (χ2n) is 5.14. The van der Waals surface area contributed by atoms with E-state index in [4.69, 9.17) is 4.74 Å². The van der Waals surface area contributed by atoms with Crippen molar-refractivity contribution in [3.63, 3.8) is 0 Å². The summed E-state index contributed by atoms with van der Waals surface area (Å²) in [5.41, 5.74) is 3.62. The molecule has 3 aromatic rings. The van der Waals surface area contributed by atoms with Gasteiger partial charge in [0.2, 0.25) is 0 Å². The topological polar surface area (TPSA) is 21.3 Å². The van der Waals surface area contributed by atoms with Gasteiger partial charge in [0.15, 0.2) is 6.73 Å². The minimum atomic E-state index is 0.457. The smallest absolute Gasteiger partial charge is 0.159 e. The Morgan fingerprint density at radius 2 is 1.36 bits per heavy atom. The van der Waals surface area contributed by atoms with E-state index in [1.807, 2.05) is 48.5 Å². The number of ether oxygens (including phenoxy) is 1. The summed E-state index contributed by atoms with van der Waals surface area (Å²) >= 11 is 0. The van der Waals surface area contributed by atoms with E-state index in [2.05, 4.69) is 41.7 Å². The highest BCUT2D eigenvalue weighted by Gasteiger charge is 1.99. The molecule has 0 saturated carbocycles. The van der Waals surface area contributed by atoms with Crippen molar-refractivity contribution in [1.82, 2.24) is 0 Å². The highest BCUT2D eigenvalue weighted by atomic mass is 16.5. The van der Waals surface area contributed by atoms with Crippen LogP contribution in [0.1, 0.15) is 11.1 Å². The highest BCUT2D eigenvalue weighted by Crippen LogP contribution is 2.17. The lowest BCUT2D eigenvalue weighted by Gasteiger charge is -2.10. The van der Waals surface area contributed by atoms with Crippen molar-refractivity contribution < 1.29 is 4.74 Å². The normalized spacial score (nSPS) is 10.2. The lowest BCUT2D eigenvalue weighted by atomic mass is 10.1. The molecule has 0 bridgehead atoms. The molecule has 0 fully saturated rings.